The molecule has 0 spiro atoms. The van der Waals surface area contributed by atoms with Gasteiger partial charge >= 0.3 is 0 Å². The van der Waals surface area contributed by atoms with Gasteiger partial charge in [0.2, 0.25) is 0 Å². The predicted molar refractivity (Wildman–Crippen MR) is 66.7 cm³/mol. The van der Waals surface area contributed by atoms with Crippen molar-refractivity contribution in [3.8, 4) is 6.07 Å². The van der Waals surface area contributed by atoms with Crippen molar-refractivity contribution < 1.29 is 9.47 Å². The zero-order chi connectivity index (χ0) is 12.6. The molecule has 3 nitrogen and oxygen atoms in total. The summed E-state index contributed by atoms with van der Waals surface area (Å²) in [4.78, 5) is 0. The lowest BCUT2D eigenvalue weighted by Gasteiger charge is -2.28. The molecule has 2 heterocycles. The molecule has 2 bridgehead atoms. The van der Waals surface area contributed by atoms with Gasteiger partial charge in [0.1, 0.15) is 0 Å². The van der Waals surface area contributed by atoms with Crippen LogP contribution in [-0.2, 0) is 16.1 Å². The molecule has 0 amide bonds. The molecule has 3 heteroatoms. The quantitative estimate of drug-likeness (QED) is 0.819. The van der Waals surface area contributed by atoms with Crippen LogP contribution in [0, 0.1) is 11.3 Å². The van der Waals surface area contributed by atoms with Gasteiger partial charge in [-0.05, 0) is 25.3 Å². The minimum atomic E-state index is -0.587. The fourth-order valence-corrected chi connectivity index (χ4v) is 3.01. The van der Waals surface area contributed by atoms with Gasteiger partial charge < -0.3 is 9.47 Å². The standard InChI is InChI=1S/C15H17NO2/c1-14-7-8-15(11-16,18-14)9-13(14)17-10-12-5-3-2-4-6-12/h2-6,13H,7-10H2,1H3. The number of nitrogens with zero attached hydrogens (tertiary/aromatic N) is 1. The molecule has 2 aliphatic heterocycles. The van der Waals surface area contributed by atoms with E-state index >= 15 is 0 Å². The molecule has 1 aromatic carbocycles. The average molecular weight is 243 g/mol. The monoisotopic (exact) mass is 243 g/mol. The van der Waals surface area contributed by atoms with Gasteiger partial charge in [0.05, 0.1) is 24.4 Å². The summed E-state index contributed by atoms with van der Waals surface area (Å²) in [6, 6.07) is 12.4. The number of rotatable bonds is 3. The lowest BCUT2D eigenvalue weighted by atomic mass is 9.81. The van der Waals surface area contributed by atoms with Crippen LogP contribution in [-0.4, -0.2) is 17.3 Å². The van der Waals surface area contributed by atoms with Crippen molar-refractivity contribution >= 4 is 0 Å². The van der Waals surface area contributed by atoms with Gasteiger partial charge in [-0.25, -0.2) is 0 Å². The number of benzene rings is 1. The van der Waals surface area contributed by atoms with E-state index in [1.807, 2.05) is 18.2 Å². The summed E-state index contributed by atoms with van der Waals surface area (Å²) in [6.07, 6.45) is 2.49. The van der Waals surface area contributed by atoms with Crippen LogP contribution < -0.4 is 0 Å². The molecule has 0 aromatic heterocycles. The topological polar surface area (TPSA) is 42.2 Å². The smallest absolute Gasteiger partial charge is 0.157 e. The van der Waals surface area contributed by atoms with Gasteiger partial charge in [0, 0.05) is 6.42 Å². The largest absolute Gasteiger partial charge is 0.370 e. The first-order chi connectivity index (χ1) is 8.66. The summed E-state index contributed by atoms with van der Waals surface area (Å²) in [7, 11) is 0. The maximum Gasteiger partial charge on any atom is 0.157 e. The summed E-state index contributed by atoms with van der Waals surface area (Å²) >= 11 is 0. The number of hydrogen-bond acceptors (Lipinski definition) is 3. The van der Waals surface area contributed by atoms with Crippen LogP contribution in [0.5, 0.6) is 0 Å². The van der Waals surface area contributed by atoms with E-state index in [2.05, 4.69) is 25.1 Å². The van der Waals surface area contributed by atoms with Crippen LogP contribution in [0.3, 0.4) is 0 Å². The first-order valence-electron chi connectivity index (χ1n) is 6.43. The molecular weight excluding hydrogens is 226 g/mol. The Hall–Kier alpha value is -1.37. The third-order valence-corrected chi connectivity index (χ3v) is 4.15. The van der Waals surface area contributed by atoms with E-state index in [1.165, 1.54) is 0 Å². The number of ether oxygens (including phenoxy) is 2. The zero-order valence-electron chi connectivity index (χ0n) is 10.6. The second kappa shape index (κ2) is 4.08. The highest BCUT2D eigenvalue weighted by Crippen LogP contribution is 2.51. The van der Waals surface area contributed by atoms with E-state index in [1.54, 1.807) is 0 Å². The van der Waals surface area contributed by atoms with Crippen LogP contribution in [0.25, 0.3) is 0 Å². The molecule has 3 rings (SSSR count). The minimum absolute atomic E-state index is 0.0334. The average Bonchev–Trinajstić information content (AvgIpc) is 2.89. The van der Waals surface area contributed by atoms with Crippen molar-refractivity contribution in [2.45, 2.75) is 50.1 Å². The molecule has 1 aromatic rings. The highest BCUT2D eigenvalue weighted by molar-refractivity contribution is 5.19. The molecule has 94 valence electrons. The van der Waals surface area contributed by atoms with E-state index in [0.717, 1.165) is 18.4 Å². The first-order valence-corrected chi connectivity index (χ1v) is 6.43. The summed E-state index contributed by atoms with van der Waals surface area (Å²) in [6.45, 7) is 2.65. The Morgan fingerprint density at radius 2 is 2.17 bits per heavy atom. The molecule has 2 fully saturated rings. The van der Waals surface area contributed by atoms with Gasteiger partial charge in [-0.1, -0.05) is 30.3 Å². The minimum Gasteiger partial charge on any atom is -0.370 e. The van der Waals surface area contributed by atoms with Gasteiger partial charge in [-0.3, -0.25) is 0 Å². The Labute approximate surface area is 107 Å². The molecule has 0 aliphatic carbocycles. The van der Waals surface area contributed by atoms with E-state index < -0.39 is 5.60 Å². The maximum atomic E-state index is 9.23. The van der Waals surface area contributed by atoms with Crippen molar-refractivity contribution in [1.82, 2.24) is 0 Å². The Kier molecular flexibility index (Phi) is 2.65. The van der Waals surface area contributed by atoms with Gasteiger partial charge in [-0.2, -0.15) is 5.26 Å². The van der Waals surface area contributed by atoms with Gasteiger partial charge in [0.25, 0.3) is 0 Å². The molecule has 3 atom stereocenters. The predicted octanol–water partition coefficient (Wildman–Crippen LogP) is 2.81. The highest BCUT2D eigenvalue weighted by Gasteiger charge is 2.60. The van der Waals surface area contributed by atoms with Crippen LogP contribution in [0.2, 0.25) is 0 Å². The molecule has 18 heavy (non-hydrogen) atoms. The van der Waals surface area contributed by atoms with Crippen LogP contribution in [0.1, 0.15) is 31.7 Å². The molecule has 2 aliphatic rings. The van der Waals surface area contributed by atoms with Crippen molar-refractivity contribution in [3.63, 3.8) is 0 Å². The molecule has 0 radical (unpaired) electrons. The Bertz CT molecular complexity index is 481. The van der Waals surface area contributed by atoms with E-state index in [-0.39, 0.29) is 11.7 Å². The lowest BCUT2D eigenvalue weighted by Crippen LogP contribution is -2.37. The fraction of sp³-hybridized carbons (Fsp3) is 0.533. The second-order valence-electron chi connectivity index (χ2n) is 5.51. The van der Waals surface area contributed by atoms with Crippen LogP contribution in [0.15, 0.2) is 30.3 Å². The number of fused-ring (bicyclic) bond motifs is 2. The van der Waals surface area contributed by atoms with E-state index in [4.69, 9.17) is 9.47 Å². The first kappa shape index (κ1) is 11.7. The third kappa shape index (κ3) is 1.82. The molecule has 2 saturated heterocycles. The molecule has 0 N–H and O–H groups in total. The fourth-order valence-electron chi connectivity index (χ4n) is 3.01. The van der Waals surface area contributed by atoms with Crippen LogP contribution in [0.4, 0.5) is 0 Å². The van der Waals surface area contributed by atoms with E-state index in [0.29, 0.717) is 13.0 Å². The third-order valence-electron chi connectivity index (χ3n) is 4.15. The molecular formula is C15H17NO2. The normalized spacial score (nSPS) is 37.7. The summed E-state index contributed by atoms with van der Waals surface area (Å²) in [5.74, 6) is 0. The molecule has 0 saturated carbocycles. The zero-order valence-corrected chi connectivity index (χ0v) is 10.6. The number of nitriles is 1. The van der Waals surface area contributed by atoms with Crippen molar-refractivity contribution in [2.75, 3.05) is 0 Å². The number of hydrogen-bond donors (Lipinski definition) is 0. The van der Waals surface area contributed by atoms with Crippen LogP contribution >= 0.6 is 0 Å². The summed E-state index contributed by atoms with van der Waals surface area (Å²) < 4.78 is 11.9. The SMILES string of the molecule is CC12CCC(C#N)(CC1OCc1ccccc1)O2. The summed E-state index contributed by atoms with van der Waals surface area (Å²) in [5.41, 5.74) is 0.301. The van der Waals surface area contributed by atoms with Crippen molar-refractivity contribution in [2.24, 2.45) is 0 Å². The lowest BCUT2D eigenvalue weighted by molar-refractivity contribution is -0.0771. The van der Waals surface area contributed by atoms with Crippen molar-refractivity contribution in [3.05, 3.63) is 35.9 Å². The summed E-state index contributed by atoms with van der Waals surface area (Å²) in [5, 5.41) is 9.23. The second-order valence-corrected chi connectivity index (χ2v) is 5.51. The van der Waals surface area contributed by atoms with Gasteiger partial charge in [0.15, 0.2) is 5.60 Å². The van der Waals surface area contributed by atoms with Crippen molar-refractivity contribution in [1.29, 1.82) is 5.26 Å². The highest BCUT2D eigenvalue weighted by atomic mass is 16.6. The Morgan fingerprint density at radius 1 is 1.39 bits per heavy atom. The maximum absolute atomic E-state index is 9.23. The Morgan fingerprint density at radius 3 is 2.83 bits per heavy atom. The van der Waals surface area contributed by atoms with Gasteiger partial charge in [-0.15, -0.1) is 0 Å². The van der Waals surface area contributed by atoms with E-state index in [9.17, 15) is 5.26 Å². The Balaban J connectivity index is 1.67. The molecule has 3 unspecified atom stereocenters.